The first-order valence-electron chi connectivity index (χ1n) is 8.50. The van der Waals surface area contributed by atoms with Crippen LogP contribution in [0.2, 0.25) is 5.02 Å². The molecule has 0 aliphatic heterocycles. The maximum Gasteiger partial charge on any atom is 0.218 e. The molecule has 8 heteroatoms. The van der Waals surface area contributed by atoms with Gasteiger partial charge in [-0.1, -0.05) is 24.6 Å². The molecule has 0 spiro atoms. The standard InChI is InChI=1S/C19H21ClFN3O3.2H2/c1-3-15(23-11(2)10-16(22)25)13-4-5-14(20)17(18(13)21)19(26)12-6-8-24(27)9-7-12;;/h4-9,11,15,23H,3,10H2,1-2H3,(H2,22,25);2*1H/t11-,15+;;/m0../s1. The second-order valence-corrected chi connectivity index (χ2v) is 6.71. The highest BCUT2D eigenvalue weighted by Gasteiger charge is 2.25. The first-order valence-corrected chi connectivity index (χ1v) is 8.88. The monoisotopic (exact) mass is 397 g/mol. The second-order valence-electron chi connectivity index (χ2n) is 6.30. The van der Waals surface area contributed by atoms with Crippen LogP contribution in [0.3, 0.4) is 0 Å². The summed E-state index contributed by atoms with van der Waals surface area (Å²) in [6.45, 7) is 3.63. The first-order chi connectivity index (χ1) is 12.7. The van der Waals surface area contributed by atoms with Crippen molar-refractivity contribution < 1.29 is 21.6 Å². The third kappa shape index (κ3) is 5.02. The van der Waals surface area contributed by atoms with Crippen LogP contribution in [-0.4, -0.2) is 17.7 Å². The molecule has 2 aromatic rings. The number of nitrogens with two attached hydrogens (primary N) is 1. The summed E-state index contributed by atoms with van der Waals surface area (Å²) in [5.41, 5.74) is 5.38. The van der Waals surface area contributed by atoms with Crippen molar-refractivity contribution in [2.45, 2.75) is 38.8 Å². The van der Waals surface area contributed by atoms with E-state index in [0.29, 0.717) is 11.2 Å². The predicted octanol–water partition coefficient (Wildman–Crippen LogP) is 3.14. The number of primary amides is 1. The Bertz CT molecular complexity index is 853. The number of hydrogen-bond donors (Lipinski definition) is 2. The van der Waals surface area contributed by atoms with Gasteiger partial charge in [0.25, 0.3) is 0 Å². The van der Waals surface area contributed by atoms with E-state index in [0.717, 1.165) is 12.4 Å². The Morgan fingerprint density at radius 3 is 2.52 bits per heavy atom. The van der Waals surface area contributed by atoms with Crippen LogP contribution in [0.1, 0.15) is 57.1 Å². The Morgan fingerprint density at radius 1 is 1.33 bits per heavy atom. The molecule has 0 unspecified atom stereocenters. The van der Waals surface area contributed by atoms with E-state index in [4.69, 9.17) is 17.3 Å². The van der Waals surface area contributed by atoms with Gasteiger partial charge in [-0.3, -0.25) is 9.59 Å². The van der Waals surface area contributed by atoms with Crippen LogP contribution in [0.4, 0.5) is 4.39 Å². The molecular formula is C19H25ClFN3O3. The molecule has 1 heterocycles. The number of ketones is 1. The van der Waals surface area contributed by atoms with Gasteiger partial charge < -0.3 is 16.3 Å². The highest BCUT2D eigenvalue weighted by atomic mass is 35.5. The fraction of sp³-hybridized carbons (Fsp3) is 0.316. The molecule has 1 aromatic carbocycles. The van der Waals surface area contributed by atoms with Crippen molar-refractivity contribution in [3.8, 4) is 0 Å². The summed E-state index contributed by atoms with van der Waals surface area (Å²) in [6, 6.07) is 4.91. The second kappa shape index (κ2) is 8.92. The van der Waals surface area contributed by atoms with Crippen molar-refractivity contribution in [2.75, 3.05) is 0 Å². The number of benzene rings is 1. The molecule has 1 amide bonds. The number of pyridine rings is 1. The average molecular weight is 398 g/mol. The minimum atomic E-state index is -0.725. The molecule has 0 aliphatic carbocycles. The Morgan fingerprint density at radius 2 is 1.96 bits per heavy atom. The summed E-state index contributed by atoms with van der Waals surface area (Å²) in [5.74, 6) is -1.80. The van der Waals surface area contributed by atoms with Crippen LogP contribution in [0.5, 0.6) is 0 Å². The Labute approximate surface area is 164 Å². The summed E-state index contributed by atoms with van der Waals surface area (Å²) in [5, 5.41) is 14.3. The van der Waals surface area contributed by atoms with Gasteiger partial charge in [0.2, 0.25) is 5.91 Å². The fourth-order valence-corrected chi connectivity index (χ4v) is 3.12. The lowest BCUT2D eigenvalue weighted by Gasteiger charge is -2.23. The largest absolute Gasteiger partial charge is 0.619 e. The van der Waals surface area contributed by atoms with Gasteiger partial charge in [0.15, 0.2) is 18.2 Å². The van der Waals surface area contributed by atoms with Gasteiger partial charge in [-0.25, -0.2) is 4.39 Å². The molecule has 3 N–H and O–H groups in total. The van der Waals surface area contributed by atoms with Crippen molar-refractivity contribution in [1.82, 2.24) is 5.32 Å². The van der Waals surface area contributed by atoms with Gasteiger partial charge >= 0.3 is 0 Å². The Kier molecular flexibility index (Phi) is 6.87. The average Bonchev–Trinajstić information content (AvgIpc) is 2.60. The quantitative estimate of drug-likeness (QED) is 0.406. The van der Waals surface area contributed by atoms with Crippen molar-refractivity contribution in [3.63, 3.8) is 0 Å². The number of hydrogen-bond acceptors (Lipinski definition) is 4. The van der Waals surface area contributed by atoms with Gasteiger partial charge in [0, 0.05) is 44.6 Å². The maximum atomic E-state index is 15.2. The number of nitrogens with zero attached hydrogens (tertiary/aromatic N) is 1. The predicted molar refractivity (Wildman–Crippen MR) is 104 cm³/mol. The zero-order chi connectivity index (χ0) is 20.1. The lowest BCUT2D eigenvalue weighted by atomic mass is 9.96. The molecule has 0 fully saturated rings. The van der Waals surface area contributed by atoms with E-state index in [2.05, 4.69) is 5.32 Å². The molecule has 0 radical (unpaired) electrons. The van der Waals surface area contributed by atoms with E-state index in [-0.39, 0.29) is 37.0 Å². The molecule has 6 nitrogen and oxygen atoms in total. The highest BCUT2D eigenvalue weighted by molar-refractivity contribution is 6.35. The molecule has 2 atom stereocenters. The molecule has 1 aromatic heterocycles. The van der Waals surface area contributed by atoms with E-state index >= 15 is 4.39 Å². The normalized spacial score (nSPS) is 13.2. The fourth-order valence-electron chi connectivity index (χ4n) is 2.89. The number of carbonyl (C=O) groups excluding carboxylic acids is 2. The lowest BCUT2D eigenvalue weighted by molar-refractivity contribution is -0.605. The topological polar surface area (TPSA) is 99.1 Å². The number of amides is 1. The zero-order valence-corrected chi connectivity index (χ0v) is 15.8. The molecule has 0 saturated carbocycles. The molecule has 2 rings (SSSR count). The van der Waals surface area contributed by atoms with E-state index in [1.807, 2.05) is 6.92 Å². The number of aromatic nitrogens is 1. The van der Waals surface area contributed by atoms with Crippen LogP contribution in [0.25, 0.3) is 0 Å². The summed E-state index contributed by atoms with van der Waals surface area (Å²) >= 11 is 6.09. The van der Waals surface area contributed by atoms with Crippen LogP contribution in [0.15, 0.2) is 36.7 Å². The van der Waals surface area contributed by atoms with E-state index in [1.165, 1.54) is 24.3 Å². The third-order valence-corrected chi connectivity index (χ3v) is 4.50. The van der Waals surface area contributed by atoms with Crippen LogP contribution >= 0.6 is 11.6 Å². The smallest absolute Gasteiger partial charge is 0.218 e. The SMILES string of the molecule is CC[C@@H](N[C@@H](C)CC(N)=O)c1ccc(Cl)c(C(=O)c2cc[n+]([O-])cc2)c1F.[HH].[HH]. The van der Waals surface area contributed by atoms with E-state index in [9.17, 15) is 14.8 Å². The van der Waals surface area contributed by atoms with Crippen molar-refractivity contribution in [3.05, 3.63) is 69.4 Å². The number of nitrogens with one attached hydrogen (secondary N) is 1. The van der Waals surface area contributed by atoms with Crippen LogP contribution in [-0.2, 0) is 4.79 Å². The summed E-state index contributed by atoms with van der Waals surface area (Å²) in [7, 11) is 0. The van der Waals surface area contributed by atoms with Gasteiger partial charge in [-0.2, -0.15) is 4.73 Å². The Hall–Kier alpha value is -2.51. The molecule has 0 bridgehead atoms. The molecule has 148 valence electrons. The molecule has 27 heavy (non-hydrogen) atoms. The zero-order valence-electron chi connectivity index (χ0n) is 15.0. The first kappa shape index (κ1) is 20.8. The minimum absolute atomic E-state index is 0. The van der Waals surface area contributed by atoms with E-state index in [1.54, 1.807) is 6.92 Å². The lowest BCUT2D eigenvalue weighted by Crippen LogP contribution is -2.34. The van der Waals surface area contributed by atoms with Crippen molar-refractivity contribution >= 4 is 23.3 Å². The molecular weight excluding hydrogens is 373 g/mol. The third-order valence-electron chi connectivity index (χ3n) is 4.19. The summed E-state index contributed by atoms with van der Waals surface area (Å²) in [4.78, 5) is 23.8. The maximum absolute atomic E-state index is 15.2. The van der Waals surface area contributed by atoms with Crippen LogP contribution in [0, 0.1) is 11.0 Å². The van der Waals surface area contributed by atoms with Crippen molar-refractivity contribution in [1.29, 1.82) is 0 Å². The minimum Gasteiger partial charge on any atom is -0.619 e. The van der Waals surface area contributed by atoms with Gasteiger partial charge in [-0.15, -0.1) is 0 Å². The number of halogens is 2. The molecule has 0 aliphatic rings. The van der Waals surface area contributed by atoms with Gasteiger partial charge in [0.05, 0.1) is 10.6 Å². The number of carbonyl (C=O) groups is 2. The van der Waals surface area contributed by atoms with Crippen molar-refractivity contribution in [2.24, 2.45) is 5.73 Å². The number of rotatable bonds is 8. The van der Waals surface area contributed by atoms with Crippen LogP contribution < -0.4 is 15.8 Å². The molecule has 0 saturated heterocycles. The van der Waals surface area contributed by atoms with E-state index < -0.39 is 23.5 Å². The Balaban J connectivity index is 0.00000392. The van der Waals surface area contributed by atoms with Gasteiger partial charge in [0.1, 0.15) is 5.82 Å². The highest BCUT2D eigenvalue weighted by Crippen LogP contribution is 2.30. The summed E-state index contributed by atoms with van der Waals surface area (Å²) < 4.78 is 15.7. The summed E-state index contributed by atoms with van der Waals surface area (Å²) in [6.07, 6.45) is 2.95. The van der Waals surface area contributed by atoms with Gasteiger partial charge in [-0.05, 0) is 19.4 Å².